The summed E-state index contributed by atoms with van der Waals surface area (Å²) < 4.78 is 14.3. The molecule has 84 valence electrons. The van der Waals surface area contributed by atoms with E-state index < -0.39 is 0 Å². The van der Waals surface area contributed by atoms with Crippen molar-refractivity contribution in [1.82, 2.24) is 9.97 Å². The van der Waals surface area contributed by atoms with Crippen LogP contribution in [0.1, 0.15) is 18.8 Å². The molecule has 1 heterocycles. The lowest BCUT2D eigenvalue weighted by Crippen LogP contribution is -2.06. The van der Waals surface area contributed by atoms with E-state index in [1.165, 1.54) is 6.07 Å². The number of rotatable bonds is 2. The van der Waals surface area contributed by atoms with Crippen molar-refractivity contribution in [2.45, 2.75) is 13.0 Å². The van der Waals surface area contributed by atoms with E-state index >= 15 is 0 Å². The molecule has 1 aromatic heterocycles. The third-order valence-corrected chi connectivity index (χ3v) is 2.74. The van der Waals surface area contributed by atoms with E-state index in [2.05, 4.69) is 25.9 Å². The second-order valence-electron chi connectivity index (χ2n) is 3.59. The molecule has 1 atom stereocenters. The lowest BCUT2D eigenvalue weighted by Gasteiger charge is -2.01. The van der Waals surface area contributed by atoms with Crippen LogP contribution in [-0.2, 0) is 0 Å². The van der Waals surface area contributed by atoms with Gasteiger partial charge in [0, 0.05) is 10.0 Å². The summed E-state index contributed by atoms with van der Waals surface area (Å²) in [5, 5.41) is 0. The molecular weight excluding hydrogens is 273 g/mol. The summed E-state index contributed by atoms with van der Waals surface area (Å²) in [6.45, 7) is 1.82. The summed E-state index contributed by atoms with van der Waals surface area (Å²) in [6.07, 6.45) is 1.59. The van der Waals surface area contributed by atoms with Gasteiger partial charge in [0.1, 0.15) is 11.6 Å². The number of nitrogens with two attached hydrogens (primary N) is 1. The zero-order valence-electron chi connectivity index (χ0n) is 8.67. The van der Waals surface area contributed by atoms with Crippen LogP contribution in [0.25, 0.3) is 11.3 Å². The molecule has 5 heteroatoms. The summed E-state index contributed by atoms with van der Waals surface area (Å²) in [7, 11) is 0. The molecule has 0 fully saturated rings. The smallest absolute Gasteiger partial charge is 0.133 e. The third-order valence-electron chi connectivity index (χ3n) is 2.25. The number of hydrogen-bond donors (Lipinski definition) is 2. The topological polar surface area (TPSA) is 54.7 Å². The second kappa shape index (κ2) is 4.35. The van der Waals surface area contributed by atoms with Gasteiger partial charge < -0.3 is 10.7 Å². The van der Waals surface area contributed by atoms with E-state index in [0.717, 1.165) is 0 Å². The van der Waals surface area contributed by atoms with Crippen LogP contribution >= 0.6 is 15.9 Å². The van der Waals surface area contributed by atoms with Gasteiger partial charge in [-0.15, -0.1) is 0 Å². The molecule has 3 nitrogen and oxygen atoms in total. The van der Waals surface area contributed by atoms with Gasteiger partial charge in [-0.1, -0.05) is 15.9 Å². The van der Waals surface area contributed by atoms with Crippen LogP contribution in [0.2, 0.25) is 0 Å². The summed E-state index contributed by atoms with van der Waals surface area (Å²) in [6, 6.07) is 4.71. The highest BCUT2D eigenvalue weighted by molar-refractivity contribution is 9.10. The van der Waals surface area contributed by atoms with Crippen molar-refractivity contribution in [1.29, 1.82) is 0 Å². The minimum absolute atomic E-state index is 0.188. The van der Waals surface area contributed by atoms with E-state index in [4.69, 9.17) is 5.73 Å². The molecule has 2 aromatic rings. The van der Waals surface area contributed by atoms with Gasteiger partial charge in [-0.05, 0) is 25.1 Å². The average molecular weight is 284 g/mol. The van der Waals surface area contributed by atoms with Gasteiger partial charge in [0.25, 0.3) is 0 Å². The molecular formula is C11H11BrFN3. The number of H-pyrrole nitrogens is 1. The van der Waals surface area contributed by atoms with Crippen molar-refractivity contribution in [2.75, 3.05) is 0 Å². The monoisotopic (exact) mass is 283 g/mol. The van der Waals surface area contributed by atoms with Crippen LogP contribution in [-0.4, -0.2) is 9.97 Å². The van der Waals surface area contributed by atoms with Crippen LogP contribution < -0.4 is 5.73 Å². The average Bonchev–Trinajstić information content (AvgIpc) is 2.66. The van der Waals surface area contributed by atoms with E-state index in [1.54, 1.807) is 18.3 Å². The van der Waals surface area contributed by atoms with Gasteiger partial charge >= 0.3 is 0 Å². The normalized spacial score (nSPS) is 12.8. The molecule has 0 saturated heterocycles. The zero-order valence-corrected chi connectivity index (χ0v) is 10.3. The van der Waals surface area contributed by atoms with E-state index in [0.29, 0.717) is 21.6 Å². The second-order valence-corrected chi connectivity index (χ2v) is 4.51. The van der Waals surface area contributed by atoms with E-state index in [-0.39, 0.29) is 11.9 Å². The highest BCUT2D eigenvalue weighted by Crippen LogP contribution is 2.24. The predicted octanol–water partition coefficient (Wildman–Crippen LogP) is 3.00. The Morgan fingerprint density at radius 2 is 2.25 bits per heavy atom. The first kappa shape index (κ1) is 11.3. The van der Waals surface area contributed by atoms with Crippen LogP contribution in [0, 0.1) is 5.82 Å². The molecule has 1 aromatic carbocycles. The van der Waals surface area contributed by atoms with Crippen molar-refractivity contribution in [3.8, 4) is 11.3 Å². The number of aromatic nitrogens is 2. The molecule has 0 amide bonds. The van der Waals surface area contributed by atoms with Crippen molar-refractivity contribution in [3.05, 3.63) is 40.5 Å². The Bertz CT molecular complexity index is 508. The van der Waals surface area contributed by atoms with Crippen molar-refractivity contribution in [2.24, 2.45) is 5.73 Å². The first-order chi connectivity index (χ1) is 7.58. The number of imidazole rings is 1. The standard InChI is InChI=1S/C11H11BrFN3/c1-6(14)11-15-5-10(16-11)8-3-2-7(12)4-9(8)13/h2-6H,14H2,1H3,(H,15,16). The molecule has 0 spiro atoms. The van der Waals surface area contributed by atoms with E-state index in [9.17, 15) is 4.39 Å². The molecule has 1 unspecified atom stereocenters. The lowest BCUT2D eigenvalue weighted by atomic mass is 10.1. The van der Waals surface area contributed by atoms with Crippen LogP contribution in [0.5, 0.6) is 0 Å². The van der Waals surface area contributed by atoms with Gasteiger partial charge in [-0.3, -0.25) is 0 Å². The molecule has 0 aliphatic heterocycles. The van der Waals surface area contributed by atoms with Gasteiger partial charge in [-0.25, -0.2) is 9.37 Å². The fourth-order valence-electron chi connectivity index (χ4n) is 1.41. The maximum Gasteiger partial charge on any atom is 0.133 e. The Balaban J connectivity index is 2.42. The highest BCUT2D eigenvalue weighted by Gasteiger charge is 2.10. The molecule has 3 N–H and O–H groups in total. The zero-order chi connectivity index (χ0) is 11.7. The Kier molecular flexibility index (Phi) is 3.07. The van der Waals surface area contributed by atoms with Gasteiger partial charge in [-0.2, -0.15) is 0 Å². The molecule has 0 saturated carbocycles. The Morgan fingerprint density at radius 1 is 1.50 bits per heavy atom. The van der Waals surface area contributed by atoms with Crippen molar-refractivity contribution < 1.29 is 4.39 Å². The predicted molar refractivity (Wildman–Crippen MR) is 64.3 cm³/mol. The number of benzene rings is 1. The van der Waals surface area contributed by atoms with Crippen LogP contribution in [0.3, 0.4) is 0 Å². The number of hydrogen-bond acceptors (Lipinski definition) is 2. The number of nitrogens with one attached hydrogen (secondary N) is 1. The Morgan fingerprint density at radius 3 is 2.81 bits per heavy atom. The minimum Gasteiger partial charge on any atom is -0.341 e. The van der Waals surface area contributed by atoms with Gasteiger partial charge in [0.05, 0.1) is 17.9 Å². The first-order valence-corrected chi connectivity index (χ1v) is 5.63. The maximum absolute atomic E-state index is 13.6. The Labute approximate surface area is 101 Å². The molecule has 0 bridgehead atoms. The number of halogens is 2. The number of nitrogens with zero attached hydrogens (tertiary/aromatic N) is 1. The SMILES string of the molecule is CC(N)c1ncc(-c2ccc(Br)cc2F)[nH]1. The fraction of sp³-hybridized carbons (Fsp3) is 0.182. The fourth-order valence-corrected chi connectivity index (χ4v) is 1.75. The quantitative estimate of drug-likeness (QED) is 0.890. The van der Waals surface area contributed by atoms with Gasteiger partial charge in [0.15, 0.2) is 0 Å². The van der Waals surface area contributed by atoms with Crippen molar-refractivity contribution >= 4 is 15.9 Å². The van der Waals surface area contributed by atoms with Crippen LogP contribution in [0.15, 0.2) is 28.9 Å². The van der Waals surface area contributed by atoms with E-state index in [1.807, 2.05) is 6.92 Å². The summed E-state index contributed by atoms with van der Waals surface area (Å²) in [5.41, 5.74) is 6.80. The molecule has 0 aliphatic carbocycles. The lowest BCUT2D eigenvalue weighted by molar-refractivity contribution is 0.630. The largest absolute Gasteiger partial charge is 0.341 e. The molecule has 16 heavy (non-hydrogen) atoms. The maximum atomic E-state index is 13.6. The summed E-state index contributed by atoms with van der Waals surface area (Å²) in [5.74, 6) is 0.353. The first-order valence-electron chi connectivity index (χ1n) is 4.84. The summed E-state index contributed by atoms with van der Waals surface area (Å²) in [4.78, 5) is 7.09. The van der Waals surface area contributed by atoms with Crippen LogP contribution in [0.4, 0.5) is 4.39 Å². The molecule has 2 rings (SSSR count). The summed E-state index contributed by atoms with van der Waals surface area (Å²) >= 11 is 3.21. The molecule has 0 aliphatic rings. The highest BCUT2D eigenvalue weighted by atomic mass is 79.9. The minimum atomic E-state index is -0.297. The number of aromatic amines is 1. The van der Waals surface area contributed by atoms with Crippen molar-refractivity contribution in [3.63, 3.8) is 0 Å². The Hall–Kier alpha value is -1.20. The molecule has 0 radical (unpaired) electrons. The third kappa shape index (κ3) is 2.15. The van der Waals surface area contributed by atoms with Gasteiger partial charge in [0.2, 0.25) is 0 Å².